The van der Waals surface area contributed by atoms with E-state index < -0.39 is 0 Å². The SMILES string of the molecule is O=C(C1=CCCCCC1)C1C2C3CCC(C3)C12. The average molecular weight is 230 g/mol. The highest BCUT2D eigenvalue weighted by molar-refractivity contribution is 5.99. The number of fused-ring (bicyclic) bond motifs is 5. The number of carbonyl (C=O) groups is 1. The van der Waals surface area contributed by atoms with Crippen molar-refractivity contribution >= 4 is 5.78 Å². The van der Waals surface area contributed by atoms with E-state index in [0.717, 1.165) is 36.5 Å². The van der Waals surface area contributed by atoms with Gasteiger partial charge in [0.05, 0.1) is 0 Å². The standard InChI is InChI=1S/C16H22O/c17-16(10-5-3-1-2-4-6-10)15-13-11-7-8-12(9-11)14(13)15/h5,11-15H,1-4,6-9H2. The van der Waals surface area contributed by atoms with Gasteiger partial charge in [0.2, 0.25) is 0 Å². The number of Topliss-reactive ketones (excluding diaryl/α,β-unsaturated/α-hetero) is 1. The molecule has 3 saturated carbocycles. The first-order valence-corrected chi connectivity index (χ1v) is 7.59. The summed E-state index contributed by atoms with van der Waals surface area (Å²) in [6.45, 7) is 0. The molecule has 1 heteroatoms. The molecule has 0 radical (unpaired) electrons. The summed E-state index contributed by atoms with van der Waals surface area (Å²) in [5.74, 6) is 4.57. The van der Waals surface area contributed by atoms with Crippen LogP contribution in [0.2, 0.25) is 0 Å². The molecule has 0 N–H and O–H groups in total. The zero-order valence-corrected chi connectivity index (χ0v) is 10.5. The second-order valence-electron chi connectivity index (χ2n) is 6.71. The van der Waals surface area contributed by atoms with Gasteiger partial charge >= 0.3 is 0 Å². The van der Waals surface area contributed by atoms with Gasteiger partial charge in [-0.2, -0.15) is 0 Å². The summed E-state index contributed by atoms with van der Waals surface area (Å²) < 4.78 is 0. The van der Waals surface area contributed by atoms with Crippen LogP contribution in [0.25, 0.3) is 0 Å². The second kappa shape index (κ2) is 3.70. The third-order valence-electron chi connectivity index (χ3n) is 5.90. The molecular weight excluding hydrogens is 208 g/mol. The maximum absolute atomic E-state index is 12.6. The molecule has 17 heavy (non-hydrogen) atoms. The molecule has 0 aromatic carbocycles. The number of hydrogen-bond donors (Lipinski definition) is 0. The zero-order chi connectivity index (χ0) is 11.4. The molecular formula is C16H22O. The van der Waals surface area contributed by atoms with Crippen molar-refractivity contribution < 1.29 is 4.79 Å². The molecule has 4 unspecified atom stereocenters. The van der Waals surface area contributed by atoms with Gasteiger partial charge in [-0.05, 0) is 74.2 Å². The molecule has 3 fully saturated rings. The van der Waals surface area contributed by atoms with Crippen molar-refractivity contribution in [2.24, 2.45) is 29.6 Å². The Hall–Kier alpha value is -0.590. The monoisotopic (exact) mass is 230 g/mol. The van der Waals surface area contributed by atoms with Crippen LogP contribution in [0.15, 0.2) is 11.6 Å². The van der Waals surface area contributed by atoms with E-state index in [4.69, 9.17) is 0 Å². The van der Waals surface area contributed by atoms with Gasteiger partial charge in [-0.1, -0.05) is 12.5 Å². The molecule has 0 heterocycles. The van der Waals surface area contributed by atoms with Crippen molar-refractivity contribution in [3.05, 3.63) is 11.6 Å². The van der Waals surface area contributed by atoms with E-state index in [-0.39, 0.29) is 0 Å². The number of carbonyl (C=O) groups excluding carboxylic acids is 1. The van der Waals surface area contributed by atoms with Crippen LogP contribution >= 0.6 is 0 Å². The molecule has 0 aliphatic heterocycles. The van der Waals surface area contributed by atoms with Crippen LogP contribution in [0.4, 0.5) is 0 Å². The highest BCUT2D eigenvalue weighted by Gasteiger charge is 2.67. The van der Waals surface area contributed by atoms with E-state index in [1.807, 2.05) is 0 Å². The van der Waals surface area contributed by atoms with Crippen LogP contribution < -0.4 is 0 Å². The molecule has 92 valence electrons. The molecule has 0 saturated heterocycles. The Bertz CT molecular complexity index is 365. The Morgan fingerprint density at radius 3 is 2.59 bits per heavy atom. The topological polar surface area (TPSA) is 17.1 Å². The van der Waals surface area contributed by atoms with Crippen LogP contribution in [0.5, 0.6) is 0 Å². The van der Waals surface area contributed by atoms with Crippen LogP contribution in [0.1, 0.15) is 51.4 Å². The van der Waals surface area contributed by atoms with Crippen molar-refractivity contribution in [2.45, 2.75) is 51.4 Å². The van der Waals surface area contributed by atoms with Gasteiger partial charge in [-0.25, -0.2) is 0 Å². The number of allylic oxidation sites excluding steroid dienone is 2. The van der Waals surface area contributed by atoms with Gasteiger partial charge in [-0.15, -0.1) is 0 Å². The molecule has 4 rings (SSSR count). The highest BCUT2D eigenvalue weighted by atomic mass is 16.1. The Balaban J connectivity index is 1.50. The van der Waals surface area contributed by atoms with E-state index >= 15 is 0 Å². The largest absolute Gasteiger partial charge is 0.294 e. The fourth-order valence-electron chi connectivity index (χ4n) is 5.13. The minimum atomic E-state index is 0.477. The van der Waals surface area contributed by atoms with Crippen molar-refractivity contribution in [1.29, 1.82) is 0 Å². The Labute approximate surface area is 104 Å². The van der Waals surface area contributed by atoms with Crippen LogP contribution in [0, 0.1) is 29.6 Å². The summed E-state index contributed by atoms with van der Waals surface area (Å²) in [7, 11) is 0. The second-order valence-corrected chi connectivity index (χ2v) is 6.71. The fourth-order valence-corrected chi connectivity index (χ4v) is 5.13. The predicted octanol–water partition coefficient (Wildman–Crippen LogP) is 3.74. The molecule has 4 aliphatic rings. The van der Waals surface area contributed by atoms with Crippen molar-refractivity contribution in [1.82, 2.24) is 0 Å². The molecule has 4 aliphatic carbocycles. The lowest BCUT2D eigenvalue weighted by Gasteiger charge is -2.09. The average Bonchev–Trinajstić information content (AvgIpc) is 2.93. The smallest absolute Gasteiger partial charge is 0.162 e. The lowest BCUT2D eigenvalue weighted by molar-refractivity contribution is -0.117. The molecule has 4 atom stereocenters. The maximum atomic E-state index is 12.6. The van der Waals surface area contributed by atoms with Gasteiger partial charge < -0.3 is 0 Å². The highest BCUT2D eigenvalue weighted by Crippen LogP contribution is 2.70. The van der Waals surface area contributed by atoms with E-state index in [1.54, 1.807) is 0 Å². The third kappa shape index (κ3) is 1.47. The normalized spacial score (nSPS) is 47.3. The zero-order valence-electron chi connectivity index (χ0n) is 10.5. The van der Waals surface area contributed by atoms with E-state index in [2.05, 4.69) is 6.08 Å². The number of rotatable bonds is 2. The Morgan fingerprint density at radius 2 is 1.82 bits per heavy atom. The first-order valence-electron chi connectivity index (χ1n) is 7.59. The summed E-state index contributed by atoms with van der Waals surface area (Å²) in [4.78, 5) is 12.6. The first-order chi connectivity index (χ1) is 8.36. The van der Waals surface area contributed by atoms with Crippen LogP contribution in [0.3, 0.4) is 0 Å². The molecule has 1 nitrogen and oxygen atoms in total. The molecule has 2 bridgehead atoms. The van der Waals surface area contributed by atoms with E-state index in [1.165, 1.54) is 44.1 Å². The van der Waals surface area contributed by atoms with Crippen molar-refractivity contribution in [3.63, 3.8) is 0 Å². The van der Waals surface area contributed by atoms with E-state index in [9.17, 15) is 4.79 Å². The Morgan fingerprint density at radius 1 is 1.06 bits per heavy atom. The lowest BCUT2D eigenvalue weighted by Crippen LogP contribution is -2.12. The Kier molecular flexibility index (Phi) is 2.25. The van der Waals surface area contributed by atoms with Crippen LogP contribution in [-0.2, 0) is 4.79 Å². The van der Waals surface area contributed by atoms with Gasteiger partial charge in [0, 0.05) is 5.92 Å². The lowest BCUT2D eigenvalue weighted by atomic mass is 9.94. The summed E-state index contributed by atoms with van der Waals surface area (Å²) >= 11 is 0. The van der Waals surface area contributed by atoms with Crippen molar-refractivity contribution in [2.75, 3.05) is 0 Å². The third-order valence-corrected chi connectivity index (χ3v) is 5.90. The first kappa shape index (κ1) is 10.3. The van der Waals surface area contributed by atoms with Gasteiger partial charge in [-0.3, -0.25) is 4.79 Å². The number of ketones is 1. The summed E-state index contributed by atoms with van der Waals surface area (Å²) in [6, 6.07) is 0. The molecule has 0 aromatic heterocycles. The molecule has 0 amide bonds. The minimum Gasteiger partial charge on any atom is -0.294 e. The van der Waals surface area contributed by atoms with Crippen molar-refractivity contribution in [3.8, 4) is 0 Å². The summed E-state index contributed by atoms with van der Waals surface area (Å²) in [5, 5.41) is 0. The van der Waals surface area contributed by atoms with Gasteiger partial charge in [0.1, 0.15) is 0 Å². The maximum Gasteiger partial charge on any atom is 0.162 e. The summed E-state index contributed by atoms with van der Waals surface area (Å²) in [6.07, 6.45) is 12.6. The van der Waals surface area contributed by atoms with E-state index in [0.29, 0.717) is 11.7 Å². The molecule has 0 aromatic rings. The number of hydrogen-bond acceptors (Lipinski definition) is 1. The van der Waals surface area contributed by atoms with Crippen LogP contribution in [-0.4, -0.2) is 5.78 Å². The quantitative estimate of drug-likeness (QED) is 0.706. The minimum absolute atomic E-state index is 0.477. The summed E-state index contributed by atoms with van der Waals surface area (Å²) in [5.41, 5.74) is 1.21. The predicted molar refractivity (Wildman–Crippen MR) is 67.5 cm³/mol. The van der Waals surface area contributed by atoms with Gasteiger partial charge in [0.15, 0.2) is 5.78 Å². The van der Waals surface area contributed by atoms with Gasteiger partial charge in [0.25, 0.3) is 0 Å². The fraction of sp³-hybridized carbons (Fsp3) is 0.812. The molecule has 0 spiro atoms.